The minimum absolute atomic E-state index is 0.0215. The fourth-order valence-corrected chi connectivity index (χ4v) is 6.21. The molecule has 0 saturated heterocycles. The molecule has 0 radical (unpaired) electrons. The zero-order chi connectivity index (χ0) is 27.2. The highest BCUT2D eigenvalue weighted by Gasteiger charge is 2.33. The summed E-state index contributed by atoms with van der Waals surface area (Å²) in [5.74, 6) is -0.769. The van der Waals surface area contributed by atoms with Crippen molar-refractivity contribution in [2.24, 2.45) is 0 Å². The second kappa shape index (κ2) is 13.1. The summed E-state index contributed by atoms with van der Waals surface area (Å²) in [5, 5.41) is 3.84. The van der Waals surface area contributed by atoms with Crippen molar-refractivity contribution >= 4 is 45.0 Å². The van der Waals surface area contributed by atoms with Crippen LogP contribution in [0.3, 0.4) is 0 Å². The van der Waals surface area contributed by atoms with Crippen molar-refractivity contribution in [2.75, 3.05) is 13.6 Å². The molecule has 1 saturated carbocycles. The molecule has 7 nitrogen and oxygen atoms in total. The molecule has 0 aliphatic heterocycles. The minimum Gasteiger partial charge on any atom is -0.352 e. The zero-order valence-corrected chi connectivity index (χ0v) is 23.9. The topological polar surface area (TPSA) is 86.8 Å². The standard InChI is InChI=1S/C27H35Cl2N3O4S/c1-4-25(27(34)30-20-9-6-5-7-10-20)32(17-22-23(28)11-8-12-24(22)29)26(33)18-31(3)37(35,36)21-15-13-19(2)14-16-21/h8,11-16,20,25H,4-7,9-10,17-18H2,1-3H3,(H,30,34)/t25-/m1/s1. The fourth-order valence-electron chi connectivity index (χ4n) is 4.57. The first kappa shape index (κ1) is 29.4. The molecule has 1 aliphatic rings. The lowest BCUT2D eigenvalue weighted by atomic mass is 9.95. The van der Waals surface area contributed by atoms with Gasteiger partial charge in [-0.1, -0.05) is 73.2 Å². The molecule has 1 aliphatic carbocycles. The SMILES string of the molecule is CC[C@H](C(=O)NC1CCCCC1)N(Cc1c(Cl)cccc1Cl)C(=O)CN(C)S(=O)(=O)c1ccc(C)cc1. The van der Waals surface area contributed by atoms with Crippen LogP contribution in [0.2, 0.25) is 10.0 Å². The Morgan fingerprint density at radius 1 is 1.03 bits per heavy atom. The van der Waals surface area contributed by atoms with Gasteiger partial charge in [0.25, 0.3) is 0 Å². The summed E-state index contributed by atoms with van der Waals surface area (Å²) in [6, 6.07) is 10.7. The smallest absolute Gasteiger partial charge is 0.243 e. The number of nitrogens with one attached hydrogen (secondary N) is 1. The third-order valence-electron chi connectivity index (χ3n) is 6.81. The van der Waals surface area contributed by atoms with Gasteiger partial charge in [0.1, 0.15) is 6.04 Å². The molecule has 1 fully saturated rings. The van der Waals surface area contributed by atoms with Crippen LogP contribution < -0.4 is 5.32 Å². The highest BCUT2D eigenvalue weighted by atomic mass is 35.5. The number of sulfonamides is 1. The fraction of sp³-hybridized carbons (Fsp3) is 0.481. The maximum absolute atomic E-state index is 13.7. The molecule has 0 unspecified atom stereocenters. The van der Waals surface area contributed by atoms with Crippen molar-refractivity contribution < 1.29 is 18.0 Å². The van der Waals surface area contributed by atoms with Crippen LogP contribution in [0.5, 0.6) is 0 Å². The number of likely N-dealkylation sites (N-methyl/N-ethyl adjacent to an activating group) is 1. The van der Waals surface area contributed by atoms with E-state index in [1.165, 1.54) is 24.1 Å². The lowest BCUT2D eigenvalue weighted by molar-refractivity contribution is -0.141. The van der Waals surface area contributed by atoms with Crippen molar-refractivity contribution in [3.05, 3.63) is 63.6 Å². The first-order valence-electron chi connectivity index (χ1n) is 12.6. The van der Waals surface area contributed by atoms with E-state index < -0.39 is 28.5 Å². The van der Waals surface area contributed by atoms with Crippen LogP contribution in [0.15, 0.2) is 47.4 Å². The summed E-state index contributed by atoms with van der Waals surface area (Å²) in [7, 11) is -2.56. The number of hydrogen-bond acceptors (Lipinski definition) is 4. The van der Waals surface area contributed by atoms with Gasteiger partial charge in [-0.3, -0.25) is 9.59 Å². The molecule has 0 bridgehead atoms. The van der Waals surface area contributed by atoms with E-state index in [9.17, 15) is 18.0 Å². The minimum atomic E-state index is -3.92. The van der Waals surface area contributed by atoms with Crippen molar-refractivity contribution in [1.29, 1.82) is 0 Å². The number of carbonyl (C=O) groups is 2. The molecule has 2 aromatic rings. The number of aryl methyl sites for hydroxylation is 1. The Balaban J connectivity index is 1.88. The Labute approximate surface area is 230 Å². The van der Waals surface area contributed by atoms with Crippen molar-refractivity contribution in [2.45, 2.75) is 75.9 Å². The van der Waals surface area contributed by atoms with Crippen molar-refractivity contribution in [3.8, 4) is 0 Å². The van der Waals surface area contributed by atoms with Gasteiger partial charge in [0.2, 0.25) is 21.8 Å². The maximum Gasteiger partial charge on any atom is 0.243 e. The van der Waals surface area contributed by atoms with Crippen LogP contribution in [0, 0.1) is 6.92 Å². The molecule has 1 atom stereocenters. The van der Waals surface area contributed by atoms with Crippen molar-refractivity contribution in [3.63, 3.8) is 0 Å². The van der Waals surface area contributed by atoms with Gasteiger partial charge >= 0.3 is 0 Å². The number of rotatable bonds is 10. The molecule has 0 spiro atoms. The molecule has 2 aromatic carbocycles. The van der Waals surface area contributed by atoms with E-state index >= 15 is 0 Å². The van der Waals surface area contributed by atoms with Gasteiger partial charge in [-0.2, -0.15) is 4.31 Å². The Morgan fingerprint density at radius 2 is 1.62 bits per heavy atom. The predicted molar refractivity (Wildman–Crippen MR) is 147 cm³/mol. The van der Waals surface area contributed by atoms with E-state index in [4.69, 9.17) is 23.2 Å². The summed E-state index contributed by atoms with van der Waals surface area (Å²) in [4.78, 5) is 28.5. The first-order chi connectivity index (χ1) is 17.5. The van der Waals surface area contributed by atoms with Gasteiger partial charge in [0.15, 0.2) is 0 Å². The van der Waals surface area contributed by atoms with E-state index in [0.29, 0.717) is 22.0 Å². The number of halogens is 2. The summed E-state index contributed by atoms with van der Waals surface area (Å²) < 4.78 is 27.3. The molecule has 0 heterocycles. The molecule has 37 heavy (non-hydrogen) atoms. The average Bonchev–Trinajstić information content (AvgIpc) is 2.86. The quantitative estimate of drug-likeness (QED) is 0.428. The van der Waals surface area contributed by atoms with Gasteiger partial charge in [-0.25, -0.2) is 8.42 Å². The predicted octanol–water partition coefficient (Wildman–Crippen LogP) is 5.18. The Kier molecular flexibility index (Phi) is 10.4. The molecule has 202 valence electrons. The molecule has 2 amide bonds. The summed E-state index contributed by atoms with van der Waals surface area (Å²) in [5.41, 5.74) is 1.43. The molecule has 1 N–H and O–H groups in total. The van der Waals surface area contributed by atoms with Gasteiger partial charge in [-0.05, 0) is 50.5 Å². The van der Waals surface area contributed by atoms with Crippen LogP contribution in [0.1, 0.15) is 56.6 Å². The largest absolute Gasteiger partial charge is 0.352 e. The Hall–Kier alpha value is -2.13. The highest BCUT2D eigenvalue weighted by Crippen LogP contribution is 2.27. The number of benzene rings is 2. The maximum atomic E-state index is 13.7. The summed E-state index contributed by atoms with van der Waals surface area (Å²) in [6.07, 6.45) is 5.43. The Morgan fingerprint density at radius 3 is 2.19 bits per heavy atom. The number of nitrogens with zero attached hydrogens (tertiary/aromatic N) is 2. The van der Waals surface area contributed by atoms with Crippen LogP contribution in [-0.4, -0.2) is 55.1 Å². The first-order valence-corrected chi connectivity index (χ1v) is 14.8. The van der Waals surface area contributed by atoms with Crippen LogP contribution in [0.4, 0.5) is 0 Å². The lowest BCUT2D eigenvalue weighted by Gasteiger charge is -2.34. The number of carbonyl (C=O) groups excluding carboxylic acids is 2. The van der Waals surface area contributed by atoms with E-state index in [2.05, 4.69) is 5.32 Å². The lowest BCUT2D eigenvalue weighted by Crippen LogP contribution is -2.53. The second-order valence-corrected chi connectivity index (χ2v) is 12.4. The van der Waals surface area contributed by atoms with Gasteiger partial charge in [0, 0.05) is 35.2 Å². The van der Waals surface area contributed by atoms with E-state index in [-0.39, 0.29) is 23.4 Å². The third kappa shape index (κ3) is 7.47. The average molecular weight is 569 g/mol. The van der Waals surface area contributed by atoms with E-state index in [1.807, 2.05) is 13.8 Å². The molecular weight excluding hydrogens is 533 g/mol. The van der Waals surface area contributed by atoms with Crippen LogP contribution >= 0.6 is 23.2 Å². The zero-order valence-electron chi connectivity index (χ0n) is 21.5. The Bertz CT molecular complexity index is 1180. The number of amides is 2. The van der Waals surface area contributed by atoms with E-state index in [0.717, 1.165) is 42.0 Å². The van der Waals surface area contributed by atoms with Gasteiger partial charge in [0.05, 0.1) is 11.4 Å². The number of hydrogen-bond donors (Lipinski definition) is 1. The van der Waals surface area contributed by atoms with Gasteiger partial charge < -0.3 is 10.2 Å². The van der Waals surface area contributed by atoms with Gasteiger partial charge in [-0.15, -0.1) is 0 Å². The highest BCUT2D eigenvalue weighted by molar-refractivity contribution is 7.89. The summed E-state index contributed by atoms with van der Waals surface area (Å²) in [6.45, 7) is 3.23. The van der Waals surface area contributed by atoms with E-state index in [1.54, 1.807) is 30.3 Å². The summed E-state index contributed by atoms with van der Waals surface area (Å²) >= 11 is 12.8. The molecule has 0 aromatic heterocycles. The van der Waals surface area contributed by atoms with Crippen molar-refractivity contribution in [1.82, 2.24) is 14.5 Å². The monoisotopic (exact) mass is 567 g/mol. The molecule has 10 heteroatoms. The molecular formula is C27H35Cl2N3O4S. The third-order valence-corrected chi connectivity index (χ3v) is 9.34. The molecule has 3 rings (SSSR count). The van der Waals surface area contributed by atoms with Crippen LogP contribution in [-0.2, 0) is 26.2 Å². The second-order valence-electron chi connectivity index (χ2n) is 9.56. The van der Waals surface area contributed by atoms with Crippen LogP contribution in [0.25, 0.3) is 0 Å². The normalized spacial score (nSPS) is 15.4.